The Bertz CT molecular complexity index is 666. The van der Waals surface area contributed by atoms with Crippen molar-refractivity contribution < 1.29 is 29.3 Å². The predicted molar refractivity (Wildman–Crippen MR) is 108 cm³/mol. The van der Waals surface area contributed by atoms with Crippen LogP contribution in [0.5, 0.6) is 0 Å². The minimum absolute atomic E-state index is 0.0266. The number of cyclic esters (lactones) is 1. The van der Waals surface area contributed by atoms with E-state index in [1.807, 2.05) is 26.0 Å². The maximum absolute atomic E-state index is 12.3. The van der Waals surface area contributed by atoms with E-state index in [0.29, 0.717) is 25.7 Å². The number of allylic oxidation sites excluding steroid dienone is 2. The van der Waals surface area contributed by atoms with Crippen LogP contribution in [0.25, 0.3) is 0 Å². The molecule has 2 N–H and O–H groups in total. The summed E-state index contributed by atoms with van der Waals surface area (Å²) in [5, 5.41) is 20.1. The zero-order valence-electron chi connectivity index (χ0n) is 17.6. The molecule has 0 aromatic rings. The Kier molecular flexibility index (Phi) is 7.17. The lowest BCUT2D eigenvalue weighted by Gasteiger charge is -2.43. The summed E-state index contributed by atoms with van der Waals surface area (Å²) in [5.41, 5.74) is 1.02. The number of hydrogen-bond donors (Lipinski definition) is 2. The van der Waals surface area contributed by atoms with E-state index in [1.54, 1.807) is 0 Å². The maximum Gasteiger partial charge on any atom is 0.308 e. The van der Waals surface area contributed by atoms with Crippen molar-refractivity contribution in [3.63, 3.8) is 0 Å². The summed E-state index contributed by atoms with van der Waals surface area (Å²) in [7, 11) is 0. The van der Waals surface area contributed by atoms with Crippen molar-refractivity contribution in [2.75, 3.05) is 0 Å². The highest BCUT2D eigenvalue weighted by Gasteiger charge is 2.42. The van der Waals surface area contributed by atoms with Gasteiger partial charge >= 0.3 is 11.9 Å². The van der Waals surface area contributed by atoms with Gasteiger partial charge in [0.1, 0.15) is 12.2 Å². The first-order valence-corrected chi connectivity index (χ1v) is 10.9. The van der Waals surface area contributed by atoms with Gasteiger partial charge in [-0.2, -0.15) is 0 Å². The molecular weight excluding hydrogens is 372 g/mol. The van der Waals surface area contributed by atoms with Crippen molar-refractivity contribution in [2.45, 2.75) is 83.7 Å². The summed E-state index contributed by atoms with van der Waals surface area (Å²) < 4.78 is 11.3. The molecule has 1 fully saturated rings. The number of aliphatic hydroxyl groups excluding tert-OH is 2. The quantitative estimate of drug-likeness (QED) is 0.659. The van der Waals surface area contributed by atoms with E-state index in [1.165, 1.54) is 0 Å². The molecule has 1 heterocycles. The summed E-state index contributed by atoms with van der Waals surface area (Å²) in [6.45, 7) is 6.12. The highest BCUT2D eigenvalue weighted by atomic mass is 16.5. The molecule has 7 atom stereocenters. The van der Waals surface area contributed by atoms with Crippen LogP contribution in [0.15, 0.2) is 23.8 Å². The SMILES string of the molecule is CC(C)CC(=O)O[C@@H]1C[C@H](O)C=C2C=C[C@H](C)[C@H](CC[C@@H]3C[C@@H](O)CC(=O)O3)[C@H]21. The van der Waals surface area contributed by atoms with E-state index in [0.717, 1.165) is 12.0 Å². The summed E-state index contributed by atoms with van der Waals surface area (Å²) in [5.74, 6) is 0.186. The summed E-state index contributed by atoms with van der Waals surface area (Å²) in [6.07, 6.45) is 6.97. The molecule has 2 aliphatic carbocycles. The number of hydrogen-bond acceptors (Lipinski definition) is 6. The Hall–Kier alpha value is -1.66. The van der Waals surface area contributed by atoms with E-state index in [-0.39, 0.29) is 54.2 Å². The van der Waals surface area contributed by atoms with Crippen LogP contribution in [0.2, 0.25) is 0 Å². The molecule has 0 unspecified atom stereocenters. The lowest BCUT2D eigenvalue weighted by atomic mass is 9.66. The Morgan fingerprint density at radius 3 is 2.72 bits per heavy atom. The monoisotopic (exact) mass is 406 g/mol. The molecule has 6 heteroatoms. The first-order valence-electron chi connectivity index (χ1n) is 10.9. The standard InChI is InChI=1S/C23H34O6/c1-13(2)8-21(26)29-20-11-16(24)9-15-5-4-14(3)19(23(15)20)7-6-18-10-17(25)12-22(27)28-18/h4-5,9,13-14,16-20,23-25H,6-8,10-12H2,1-3H3/t14-,16+,17+,18+,19-,20+,23-/m0/s1. The van der Waals surface area contributed by atoms with Crippen molar-refractivity contribution in [3.8, 4) is 0 Å². The predicted octanol–water partition coefficient (Wildman–Crippen LogP) is 2.92. The van der Waals surface area contributed by atoms with E-state index in [4.69, 9.17) is 9.47 Å². The molecule has 0 aromatic heterocycles. The third kappa shape index (κ3) is 5.70. The molecule has 0 saturated carbocycles. The molecule has 0 amide bonds. The number of esters is 2. The van der Waals surface area contributed by atoms with Gasteiger partial charge in [-0.25, -0.2) is 0 Å². The van der Waals surface area contributed by atoms with Gasteiger partial charge in [-0.05, 0) is 36.2 Å². The van der Waals surface area contributed by atoms with E-state index >= 15 is 0 Å². The van der Waals surface area contributed by atoms with Crippen LogP contribution < -0.4 is 0 Å². The Labute approximate surface area is 173 Å². The van der Waals surface area contributed by atoms with Crippen molar-refractivity contribution in [1.29, 1.82) is 0 Å². The van der Waals surface area contributed by atoms with Crippen molar-refractivity contribution in [3.05, 3.63) is 23.8 Å². The number of carbonyl (C=O) groups excluding carboxylic acids is 2. The number of carbonyl (C=O) groups is 2. The van der Waals surface area contributed by atoms with E-state index in [9.17, 15) is 19.8 Å². The van der Waals surface area contributed by atoms with Gasteiger partial charge in [0.05, 0.1) is 18.6 Å². The van der Waals surface area contributed by atoms with Crippen LogP contribution in [0.4, 0.5) is 0 Å². The topological polar surface area (TPSA) is 93.1 Å². The molecule has 1 aliphatic heterocycles. The highest BCUT2D eigenvalue weighted by molar-refractivity contribution is 5.71. The van der Waals surface area contributed by atoms with Gasteiger partial charge in [0, 0.05) is 25.2 Å². The molecule has 29 heavy (non-hydrogen) atoms. The number of ether oxygens (including phenoxy) is 2. The molecule has 6 nitrogen and oxygen atoms in total. The summed E-state index contributed by atoms with van der Waals surface area (Å²) in [6, 6.07) is 0. The third-order valence-electron chi connectivity index (χ3n) is 6.29. The van der Waals surface area contributed by atoms with Crippen LogP contribution in [-0.4, -0.2) is 46.6 Å². The second-order valence-corrected chi connectivity index (χ2v) is 9.29. The lowest BCUT2D eigenvalue weighted by Crippen LogP contribution is -2.43. The first-order chi connectivity index (χ1) is 13.7. The first kappa shape index (κ1) is 22.0. The minimum atomic E-state index is -0.630. The molecule has 0 spiro atoms. The van der Waals surface area contributed by atoms with Gasteiger partial charge in [0.15, 0.2) is 0 Å². The van der Waals surface area contributed by atoms with Crippen molar-refractivity contribution in [1.82, 2.24) is 0 Å². The Morgan fingerprint density at radius 2 is 2.03 bits per heavy atom. The molecule has 3 rings (SSSR count). The third-order valence-corrected chi connectivity index (χ3v) is 6.29. The highest BCUT2D eigenvalue weighted by Crippen LogP contribution is 2.44. The van der Waals surface area contributed by atoms with Crippen LogP contribution in [0, 0.1) is 23.7 Å². The Balaban J connectivity index is 1.72. The molecule has 1 saturated heterocycles. The second kappa shape index (κ2) is 9.43. The lowest BCUT2D eigenvalue weighted by molar-refractivity contribution is -0.161. The van der Waals surface area contributed by atoms with Crippen LogP contribution in [0.1, 0.15) is 59.3 Å². The average molecular weight is 407 g/mol. The molecule has 162 valence electrons. The van der Waals surface area contributed by atoms with E-state index < -0.39 is 12.2 Å². The van der Waals surface area contributed by atoms with Crippen LogP contribution in [0.3, 0.4) is 0 Å². The second-order valence-electron chi connectivity index (χ2n) is 9.29. The van der Waals surface area contributed by atoms with Crippen LogP contribution >= 0.6 is 0 Å². The number of rotatable bonds is 6. The van der Waals surface area contributed by atoms with E-state index in [2.05, 4.69) is 13.0 Å². The summed E-state index contributed by atoms with van der Waals surface area (Å²) >= 11 is 0. The maximum atomic E-state index is 12.3. The fourth-order valence-corrected chi connectivity index (χ4v) is 4.95. The zero-order chi connectivity index (χ0) is 21.1. The molecular formula is C23H34O6. The largest absolute Gasteiger partial charge is 0.462 e. The van der Waals surface area contributed by atoms with Gasteiger partial charge in [0.2, 0.25) is 0 Å². The van der Waals surface area contributed by atoms with Gasteiger partial charge in [-0.1, -0.05) is 39.0 Å². The molecule has 0 aromatic carbocycles. The van der Waals surface area contributed by atoms with Gasteiger partial charge < -0.3 is 19.7 Å². The molecule has 3 aliphatic rings. The fraction of sp³-hybridized carbons (Fsp3) is 0.739. The van der Waals surface area contributed by atoms with Crippen molar-refractivity contribution in [2.24, 2.45) is 23.7 Å². The van der Waals surface area contributed by atoms with Gasteiger partial charge in [0.25, 0.3) is 0 Å². The normalized spacial score (nSPS) is 37.0. The minimum Gasteiger partial charge on any atom is -0.462 e. The Morgan fingerprint density at radius 1 is 1.28 bits per heavy atom. The smallest absolute Gasteiger partial charge is 0.308 e. The summed E-state index contributed by atoms with van der Waals surface area (Å²) in [4.78, 5) is 24.0. The number of fused-ring (bicyclic) bond motifs is 1. The number of aliphatic hydroxyl groups is 2. The average Bonchev–Trinajstić information content (AvgIpc) is 2.59. The van der Waals surface area contributed by atoms with Crippen molar-refractivity contribution >= 4 is 11.9 Å². The van der Waals surface area contributed by atoms with Crippen LogP contribution in [-0.2, 0) is 19.1 Å². The zero-order valence-corrected chi connectivity index (χ0v) is 17.6. The fourth-order valence-electron chi connectivity index (χ4n) is 4.95. The molecule has 0 radical (unpaired) electrons. The molecule has 0 bridgehead atoms. The van der Waals surface area contributed by atoms with Gasteiger partial charge in [-0.15, -0.1) is 0 Å². The van der Waals surface area contributed by atoms with Gasteiger partial charge in [-0.3, -0.25) is 9.59 Å².